The van der Waals surface area contributed by atoms with E-state index in [4.69, 9.17) is 4.74 Å². The Balaban J connectivity index is 1.44. The van der Waals surface area contributed by atoms with Crippen molar-refractivity contribution in [2.24, 2.45) is 0 Å². The number of methoxy groups -OCH3 is 1. The summed E-state index contributed by atoms with van der Waals surface area (Å²) >= 11 is 0. The molecule has 138 valence electrons. The van der Waals surface area contributed by atoms with Gasteiger partial charge in [-0.3, -0.25) is 14.7 Å². The Morgan fingerprint density at radius 3 is 2.65 bits per heavy atom. The number of carbonyl (C=O) groups excluding carboxylic acids is 1. The summed E-state index contributed by atoms with van der Waals surface area (Å²) in [5, 5.41) is 0. The SMILES string of the molecule is COc1ccc(CCC(=O)N2CCN(Cc3ccccn3)CC2)cc1F. The van der Waals surface area contributed by atoms with Gasteiger partial charge in [0.1, 0.15) is 0 Å². The van der Waals surface area contributed by atoms with Gasteiger partial charge in [0.15, 0.2) is 11.6 Å². The van der Waals surface area contributed by atoms with Crippen molar-refractivity contribution in [1.29, 1.82) is 0 Å². The molecule has 1 amide bonds. The Morgan fingerprint density at radius 1 is 1.19 bits per heavy atom. The van der Waals surface area contributed by atoms with Gasteiger partial charge >= 0.3 is 0 Å². The fourth-order valence-electron chi connectivity index (χ4n) is 3.15. The van der Waals surface area contributed by atoms with E-state index in [0.29, 0.717) is 12.8 Å². The van der Waals surface area contributed by atoms with Crippen molar-refractivity contribution < 1.29 is 13.9 Å². The van der Waals surface area contributed by atoms with Crippen LogP contribution in [0.15, 0.2) is 42.6 Å². The second-order valence-corrected chi connectivity index (χ2v) is 6.45. The van der Waals surface area contributed by atoms with E-state index < -0.39 is 0 Å². The number of aryl methyl sites for hydroxylation is 1. The molecule has 5 nitrogen and oxygen atoms in total. The summed E-state index contributed by atoms with van der Waals surface area (Å²) in [6.07, 6.45) is 2.73. The highest BCUT2D eigenvalue weighted by Gasteiger charge is 2.21. The van der Waals surface area contributed by atoms with E-state index in [1.54, 1.807) is 18.3 Å². The van der Waals surface area contributed by atoms with Crippen molar-refractivity contribution in [1.82, 2.24) is 14.8 Å². The van der Waals surface area contributed by atoms with E-state index in [9.17, 15) is 9.18 Å². The third-order valence-electron chi connectivity index (χ3n) is 4.68. The van der Waals surface area contributed by atoms with Gasteiger partial charge in [-0.15, -0.1) is 0 Å². The number of hydrogen-bond acceptors (Lipinski definition) is 4. The van der Waals surface area contributed by atoms with Crippen LogP contribution in [-0.2, 0) is 17.8 Å². The molecule has 1 aliphatic heterocycles. The molecule has 0 radical (unpaired) electrons. The van der Waals surface area contributed by atoms with Crippen molar-refractivity contribution in [2.45, 2.75) is 19.4 Å². The third-order valence-corrected chi connectivity index (χ3v) is 4.68. The molecule has 0 saturated carbocycles. The second kappa shape index (κ2) is 8.76. The lowest BCUT2D eigenvalue weighted by Gasteiger charge is -2.34. The lowest BCUT2D eigenvalue weighted by atomic mass is 10.1. The van der Waals surface area contributed by atoms with Gasteiger partial charge in [-0.2, -0.15) is 0 Å². The first-order chi connectivity index (χ1) is 12.7. The molecule has 0 aliphatic carbocycles. The molecule has 1 aromatic heterocycles. The molecule has 2 aromatic rings. The van der Waals surface area contributed by atoms with Crippen molar-refractivity contribution in [3.63, 3.8) is 0 Å². The fraction of sp³-hybridized carbons (Fsp3) is 0.400. The number of hydrogen-bond donors (Lipinski definition) is 0. The van der Waals surface area contributed by atoms with Crippen LogP contribution in [-0.4, -0.2) is 54.0 Å². The minimum atomic E-state index is -0.388. The molecule has 6 heteroatoms. The highest BCUT2D eigenvalue weighted by atomic mass is 19.1. The zero-order chi connectivity index (χ0) is 18.4. The summed E-state index contributed by atoms with van der Waals surface area (Å²) in [7, 11) is 1.44. The molecule has 3 rings (SSSR count). The van der Waals surface area contributed by atoms with Crippen LogP contribution in [0.25, 0.3) is 0 Å². The molecule has 26 heavy (non-hydrogen) atoms. The average molecular weight is 357 g/mol. The predicted octanol–water partition coefficient (Wildman–Crippen LogP) is 2.51. The molecule has 0 bridgehead atoms. The second-order valence-electron chi connectivity index (χ2n) is 6.45. The number of halogens is 1. The first kappa shape index (κ1) is 18.3. The van der Waals surface area contributed by atoms with Crippen LogP contribution < -0.4 is 4.74 Å². The van der Waals surface area contributed by atoms with Crippen molar-refractivity contribution in [3.8, 4) is 5.75 Å². The number of piperazine rings is 1. The molecule has 1 aromatic carbocycles. The van der Waals surface area contributed by atoms with Gasteiger partial charge < -0.3 is 9.64 Å². The number of aromatic nitrogens is 1. The summed E-state index contributed by atoms with van der Waals surface area (Å²) in [6.45, 7) is 3.96. The van der Waals surface area contributed by atoms with Crippen molar-refractivity contribution >= 4 is 5.91 Å². The summed E-state index contributed by atoms with van der Waals surface area (Å²) in [4.78, 5) is 21.0. The Morgan fingerprint density at radius 2 is 2.00 bits per heavy atom. The molecular formula is C20H24FN3O2. The van der Waals surface area contributed by atoms with Crippen molar-refractivity contribution in [2.75, 3.05) is 33.3 Å². The lowest BCUT2D eigenvalue weighted by molar-refractivity contribution is -0.133. The standard InChI is InChI=1S/C20H24FN3O2/c1-26-19-7-5-16(14-18(19)21)6-8-20(25)24-12-10-23(11-13-24)15-17-4-2-3-9-22-17/h2-5,7,9,14H,6,8,10-13,15H2,1H3. The predicted molar refractivity (Wildman–Crippen MR) is 97.4 cm³/mol. The first-order valence-corrected chi connectivity index (χ1v) is 8.88. The monoisotopic (exact) mass is 357 g/mol. The smallest absolute Gasteiger partial charge is 0.222 e. The molecule has 1 fully saturated rings. The van der Waals surface area contributed by atoms with E-state index in [2.05, 4.69) is 9.88 Å². The molecule has 0 N–H and O–H groups in total. The number of benzene rings is 1. The fourth-order valence-corrected chi connectivity index (χ4v) is 3.15. The van der Waals surface area contributed by atoms with Crippen LogP contribution in [0.4, 0.5) is 4.39 Å². The normalized spacial score (nSPS) is 15.1. The summed E-state index contributed by atoms with van der Waals surface area (Å²) < 4.78 is 18.6. The first-order valence-electron chi connectivity index (χ1n) is 8.88. The van der Waals surface area contributed by atoms with Gasteiger partial charge in [0, 0.05) is 45.3 Å². The Bertz CT molecular complexity index is 731. The number of pyridine rings is 1. The number of carbonyl (C=O) groups is 1. The topological polar surface area (TPSA) is 45.7 Å². The minimum Gasteiger partial charge on any atom is -0.494 e. The van der Waals surface area contributed by atoms with Crippen LogP contribution in [0.2, 0.25) is 0 Å². The van der Waals surface area contributed by atoms with Crippen LogP contribution in [0.5, 0.6) is 5.75 Å². The molecule has 2 heterocycles. The van der Waals surface area contributed by atoms with E-state index in [1.807, 2.05) is 23.1 Å². The number of rotatable bonds is 6. The average Bonchev–Trinajstić information content (AvgIpc) is 2.67. The molecule has 0 spiro atoms. The third kappa shape index (κ3) is 4.79. The van der Waals surface area contributed by atoms with Gasteiger partial charge in [0.25, 0.3) is 0 Å². The van der Waals surface area contributed by atoms with E-state index in [0.717, 1.165) is 44.0 Å². The lowest BCUT2D eigenvalue weighted by Crippen LogP contribution is -2.48. The van der Waals surface area contributed by atoms with Crippen molar-refractivity contribution in [3.05, 3.63) is 59.7 Å². The zero-order valence-corrected chi connectivity index (χ0v) is 15.0. The maximum Gasteiger partial charge on any atom is 0.222 e. The number of ether oxygens (including phenoxy) is 1. The zero-order valence-electron chi connectivity index (χ0n) is 15.0. The van der Waals surface area contributed by atoms with Crippen LogP contribution in [0, 0.1) is 5.82 Å². The Labute approximate surface area is 153 Å². The molecule has 0 atom stereocenters. The maximum absolute atomic E-state index is 13.7. The Kier molecular flexibility index (Phi) is 6.17. The quantitative estimate of drug-likeness (QED) is 0.797. The molecule has 1 saturated heterocycles. The molecular weight excluding hydrogens is 333 g/mol. The van der Waals surface area contributed by atoms with E-state index in [-0.39, 0.29) is 17.5 Å². The largest absolute Gasteiger partial charge is 0.494 e. The number of amides is 1. The minimum absolute atomic E-state index is 0.124. The summed E-state index contributed by atoms with van der Waals surface area (Å²) in [5.41, 5.74) is 1.86. The van der Waals surface area contributed by atoms with Gasteiger partial charge in [0.05, 0.1) is 12.8 Å². The van der Waals surface area contributed by atoms with Crippen LogP contribution >= 0.6 is 0 Å². The van der Waals surface area contributed by atoms with Gasteiger partial charge in [-0.25, -0.2) is 4.39 Å². The van der Waals surface area contributed by atoms with E-state index in [1.165, 1.54) is 13.2 Å². The summed E-state index contributed by atoms with van der Waals surface area (Å²) in [6, 6.07) is 10.8. The highest BCUT2D eigenvalue weighted by molar-refractivity contribution is 5.76. The maximum atomic E-state index is 13.7. The van der Waals surface area contributed by atoms with Crippen LogP contribution in [0.3, 0.4) is 0 Å². The van der Waals surface area contributed by atoms with Gasteiger partial charge in [-0.1, -0.05) is 12.1 Å². The molecule has 1 aliphatic rings. The van der Waals surface area contributed by atoms with Gasteiger partial charge in [0.2, 0.25) is 5.91 Å². The van der Waals surface area contributed by atoms with Crippen LogP contribution in [0.1, 0.15) is 17.7 Å². The van der Waals surface area contributed by atoms with E-state index >= 15 is 0 Å². The summed E-state index contributed by atoms with van der Waals surface area (Å²) in [5.74, 6) is -0.0385. The highest BCUT2D eigenvalue weighted by Crippen LogP contribution is 2.19. The molecule has 0 unspecified atom stereocenters. The Hall–Kier alpha value is -2.47. The number of nitrogens with zero attached hydrogens (tertiary/aromatic N) is 3. The van der Waals surface area contributed by atoms with Gasteiger partial charge in [-0.05, 0) is 36.2 Å².